The Kier molecular flexibility index (Phi) is 7.09. The molecule has 0 bridgehead atoms. The molecular weight excluding hydrogens is 291 g/mol. The zero-order valence-electron chi connectivity index (χ0n) is 10.8. The highest BCUT2D eigenvalue weighted by Gasteiger charge is 2.15. The number of rotatable bonds is 7. The minimum atomic E-state index is -0.489. The van der Waals surface area contributed by atoms with E-state index in [1.54, 1.807) is 0 Å². The Morgan fingerprint density at radius 1 is 1.32 bits per heavy atom. The molecule has 1 rings (SSSR count). The first-order valence-electron chi connectivity index (χ1n) is 5.91. The highest BCUT2D eigenvalue weighted by Crippen LogP contribution is 2.16. The van der Waals surface area contributed by atoms with Gasteiger partial charge in [0.05, 0.1) is 11.6 Å². The lowest BCUT2D eigenvalue weighted by atomic mass is 10.3. The number of amides is 1. The van der Waals surface area contributed by atoms with Crippen molar-refractivity contribution in [1.82, 2.24) is 10.3 Å². The third kappa shape index (κ3) is 5.32. The predicted molar refractivity (Wildman–Crippen MR) is 73.6 cm³/mol. The smallest absolute Gasteiger partial charge is 0.271 e. The van der Waals surface area contributed by atoms with Gasteiger partial charge in [0.15, 0.2) is 6.29 Å². The van der Waals surface area contributed by atoms with Crippen molar-refractivity contribution in [2.45, 2.75) is 20.1 Å². The molecule has 0 radical (unpaired) electrons. The number of carbonyl (C=O) groups excluding carboxylic acids is 1. The summed E-state index contributed by atoms with van der Waals surface area (Å²) < 4.78 is 10.6. The van der Waals surface area contributed by atoms with E-state index in [-0.39, 0.29) is 22.4 Å². The number of pyridine rings is 1. The number of hydrogen-bond donors (Lipinski definition) is 1. The molecule has 0 saturated heterocycles. The van der Waals surface area contributed by atoms with E-state index in [1.807, 2.05) is 13.8 Å². The summed E-state index contributed by atoms with van der Waals surface area (Å²) in [6, 6.07) is 3.04. The van der Waals surface area contributed by atoms with Gasteiger partial charge in [-0.05, 0) is 26.0 Å². The highest BCUT2D eigenvalue weighted by molar-refractivity contribution is 6.34. The van der Waals surface area contributed by atoms with Crippen molar-refractivity contribution < 1.29 is 14.3 Å². The highest BCUT2D eigenvalue weighted by atomic mass is 35.5. The van der Waals surface area contributed by atoms with Gasteiger partial charge in [0, 0.05) is 13.2 Å². The van der Waals surface area contributed by atoms with Gasteiger partial charge in [0.2, 0.25) is 0 Å². The molecule has 1 aromatic heterocycles. The molecule has 1 N–H and O–H groups in total. The largest absolute Gasteiger partial charge is 0.351 e. The summed E-state index contributed by atoms with van der Waals surface area (Å²) in [5.74, 6) is -0.420. The van der Waals surface area contributed by atoms with E-state index in [0.717, 1.165) is 0 Å². The Morgan fingerprint density at radius 3 is 2.53 bits per heavy atom. The Bertz CT molecular complexity index is 423. The molecule has 5 nitrogen and oxygen atoms in total. The van der Waals surface area contributed by atoms with E-state index < -0.39 is 12.2 Å². The van der Waals surface area contributed by atoms with Crippen LogP contribution in [-0.2, 0) is 9.47 Å². The molecule has 0 atom stereocenters. The molecular formula is C12H16Cl2N2O3. The summed E-state index contributed by atoms with van der Waals surface area (Å²) in [5.41, 5.74) is 0.0842. The zero-order valence-corrected chi connectivity index (χ0v) is 12.3. The van der Waals surface area contributed by atoms with Gasteiger partial charge in [0.1, 0.15) is 10.8 Å². The number of nitrogens with one attached hydrogen (secondary N) is 1. The van der Waals surface area contributed by atoms with E-state index in [1.165, 1.54) is 12.1 Å². The Morgan fingerprint density at radius 2 is 1.95 bits per heavy atom. The summed E-state index contributed by atoms with van der Waals surface area (Å²) >= 11 is 11.6. The van der Waals surface area contributed by atoms with Crippen LogP contribution in [0.25, 0.3) is 0 Å². The molecule has 0 aliphatic carbocycles. The molecule has 0 aliphatic rings. The summed E-state index contributed by atoms with van der Waals surface area (Å²) in [7, 11) is 0. The van der Waals surface area contributed by atoms with Crippen molar-refractivity contribution in [1.29, 1.82) is 0 Å². The molecule has 0 aliphatic heterocycles. The second-order valence-electron chi connectivity index (χ2n) is 3.51. The van der Waals surface area contributed by atoms with E-state index >= 15 is 0 Å². The van der Waals surface area contributed by atoms with Crippen LogP contribution >= 0.6 is 23.2 Å². The van der Waals surface area contributed by atoms with Gasteiger partial charge < -0.3 is 14.8 Å². The molecule has 0 aromatic carbocycles. The van der Waals surface area contributed by atoms with Crippen LogP contribution in [0.4, 0.5) is 0 Å². The predicted octanol–water partition coefficient (Wildman–Crippen LogP) is 2.52. The topological polar surface area (TPSA) is 60.5 Å². The molecule has 0 fully saturated rings. The molecule has 19 heavy (non-hydrogen) atoms. The van der Waals surface area contributed by atoms with Gasteiger partial charge in [-0.1, -0.05) is 23.2 Å². The minimum Gasteiger partial charge on any atom is -0.351 e. The lowest BCUT2D eigenvalue weighted by Gasteiger charge is -2.17. The van der Waals surface area contributed by atoms with E-state index in [9.17, 15) is 4.79 Å². The number of carbonyl (C=O) groups is 1. The first kappa shape index (κ1) is 16.2. The number of halogens is 2. The molecule has 7 heteroatoms. The number of ether oxygens (including phenoxy) is 2. The first-order valence-corrected chi connectivity index (χ1v) is 6.67. The van der Waals surface area contributed by atoms with Crippen LogP contribution in [0.3, 0.4) is 0 Å². The van der Waals surface area contributed by atoms with Gasteiger partial charge in [-0.15, -0.1) is 0 Å². The van der Waals surface area contributed by atoms with Crippen LogP contribution < -0.4 is 5.32 Å². The summed E-state index contributed by atoms with van der Waals surface area (Å²) in [6.45, 7) is 4.91. The van der Waals surface area contributed by atoms with E-state index in [4.69, 9.17) is 32.7 Å². The maximum absolute atomic E-state index is 11.9. The quantitative estimate of drug-likeness (QED) is 0.621. The molecule has 1 heterocycles. The van der Waals surface area contributed by atoms with Crippen molar-refractivity contribution in [3.8, 4) is 0 Å². The number of hydrogen-bond acceptors (Lipinski definition) is 4. The van der Waals surface area contributed by atoms with Gasteiger partial charge in [-0.25, -0.2) is 4.98 Å². The molecule has 1 amide bonds. The maximum atomic E-state index is 11.9. The molecule has 106 valence electrons. The third-order valence-electron chi connectivity index (χ3n) is 2.16. The first-order chi connectivity index (χ1) is 9.08. The van der Waals surface area contributed by atoms with Crippen molar-refractivity contribution in [3.63, 3.8) is 0 Å². The van der Waals surface area contributed by atoms with Crippen molar-refractivity contribution >= 4 is 29.1 Å². The Balaban J connectivity index is 2.61. The molecule has 0 saturated carbocycles. The monoisotopic (exact) mass is 306 g/mol. The van der Waals surface area contributed by atoms with Crippen molar-refractivity contribution in [2.24, 2.45) is 0 Å². The molecule has 1 aromatic rings. The molecule has 0 unspecified atom stereocenters. The van der Waals surface area contributed by atoms with E-state index in [2.05, 4.69) is 10.3 Å². The Hall–Kier alpha value is -0.880. The van der Waals surface area contributed by atoms with Crippen LogP contribution in [0.1, 0.15) is 24.3 Å². The fourth-order valence-corrected chi connectivity index (χ4v) is 1.71. The fraction of sp³-hybridized carbons (Fsp3) is 0.500. The lowest BCUT2D eigenvalue weighted by Crippen LogP contribution is -2.35. The van der Waals surface area contributed by atoms with Gasteiger partial charge in [-0.3, -0.25) is 4.79 Å². The van der Waals surface area contributed by atoms with Crippen LogP contribution in [0, 0.1) is 0 Å². The average molecular weight is 307 g/mol. The van der Waals surface area contributed by atoms with Gasteiger partial charge in [-0.2, -0.15) is 0 Å². The minimum absolute atomic E-state index is 0.0842. The van der Waals surface area contributed by atoms with Crippen molar-refractivity contribution in [2.75, 3.05) is 19.8 Å². The van der Waals surface area contributed by atoms with Crippen LogP contribution in [0.2, 0.25) is 10.2 Å². The third-order valence-corrected chi connectivity index (χ3v) is 2.68. The standard InChI is InChI=1S/C12H16Cl2N2O3/c1-3-18-10(19-4-2)7-15-12(17)11-8(13)5-6-9(14)16-11/h5-6,10H,3-4,7H2,1-2H3,(H,15,17). The van der Waals surface area contributed by atoms with Crippen LogP contribution in [-0.4, -0.2) is 36.9 Å². The fourth-order valence-electron chi connectivity index (χ4n) is 1.38. The van der Waals surface area contributed by atoms with Gasteiger partial charge in [0.25, 0.3) is 5.91 Å². The lowest BCUT2D eigenvalue weighted by molar-refractivity contribution is -0.131. The number of nitrogens with zero attached hydrogens (tertiary/aromatic N) is 1. The average Bonchev–Trinajstić information content (AvgIpc) is 2.39. The second kappa shape index (κ2) is 8.32. The SMILES string of the molecule is CCOC(CNC(=O)c1nc(Cl)ccc1Cl)OCC. The second-order valence-corrected chi connectivity index (χ2v) is 4.31. The molecule has 0 spiro atoms. The number of aromatic nitrogens is 1. The normalized spacial score (nSPS) is 10.8. The van der Waals surface area contributed by atoms with Gasteiger partial charge >= 0.3 is 0 Å². The summed E-state index contributed by atoms with van der Waals surface area (Å²) in [5, 5.41) is 3.09. The van der Waals surface area contributed by atoms with Crippen molar-refractivity contribution in [3.05, 3.63) is 28.0 Å². The Labute approximate surface area is 122 Å². The van der Waals surface area contributed by atoms with E-state index in [0.29, 0.717) is 13.2 Å². The maximum Gasteiger partial charge on any atom is 0.271 e. The van der Waals surface area contributed by atoms with Crippen LogP contribution in [0.15, 0.2) is 12.1 Å². The van der Waals surface area contributed by atoms with Crippen LogP contribution in [0.5, 0.6) is 0 Å². The zero-order chi connectivity index (χ0) is 14.3. The summed E-state index contributed by atoms with van der Waals surface area (Å²) in [6.07, 6.45) is -0.489. The summed E-state index contributed by atoms with van der Waals surface area (Å²) in [4.78, 5) is 15.8.